The molecule has 5 rings (SSSR count). The second-order valence-corrected chi connectivity index (χ2v) is 8.75. The van der Waals surface area contributed by atoms with Gasteiger partial charge < -0.3 is 15.4 Å². The van der Waals surface area contributed by atoms with Crippen LogP contribution in [-0.2, 0) is 13.0 Å². The molecule has 2 aliphatic heterocycles. The molecule has 1 saturated heterocycles. The number of aromatic nitrogens is 3. The number of nitrogens with zero attached hydrogens (tertiary/aromatic N) is 4. The number of para-hydroxylation sites is 1. The first-order valence-corrected chi connectivity index (χ1v) is 11.2. The van der Waals surface area contributed by atoms with Crippen molar-refractivity contribution in [1.29, 1.82) is 0 Å². The molecule has 0 aliphatic carbocycles. The van der Waals surface area contributed by atoms with E-state index in [0.717, 1.165) is 49.7 Å². The molecule has 0 amide bonds. The van der Waals surface area contributed by atoms with Crippen LogP contribution in [0, 0.1) is 0 Å². The Bertz CT molecular complexity index is 1010. The molecule has 0 radical (unpaired) electrons. The molecule has 3 aromatic rings. The smallest absolute Gasteiger partial charge is 0.246 e. The van der Waals surface area contributed by atoms with E-state index in [1.54, 1.807) is 0 Å². The largest absolute Gasteiger partial charge is 0.492 e. The van der Waals surface area contributed by atoms with E-state index in [2.05, 4.69) is 55.3 Å². The summed E-state index contributed by atoms with van der Waals surface area (Å²) in [7, 11) is 0. The summed E-state index contributed by atoms with van der Waals surface area (Å²) < 4.78 is 6.26. The monoisotopic (exact) mass is 438 g/mol. The van der Waals surface area contributed by atoms with Gasteiger partial charge in [0.15, 0.2) is 0 Å². The molecular formula is C23H27ClN6O. The number of anilines is 2. The normalized spacial score (nSPS) is 20.2. The number of benzene rings is 2. The first-order valence-electron chi connectivity index (χ1n) is 10.8. The number of nitrogens with two attached hydrogens (primary N) is 1. The van der Waals surface area contributed by atoms with E-state index in [9.17, 15) is 0 Å². The Hall–Kier alpha value is -2.77. The Balaban J connectivity index is 1.35. The van der Waals surface area contributed by atoms with Crippen molar-refractivity contribution < 1.29 is 4.74 Å². The molecule has 1 fully saturated rings. The second kappa shape index (κ2) is 8.77. The number of piperidine rings is 1. The lowest BCUT2D eigenvalue weighted by molar-refractivity contribution is 0.0833. The quantitative estimate of drug-likeness (QED) is 0.648. The summed E-state index contributed by atoms with van der Waals surface area (Å²) in [6.45, 7) is 3.40. The van der Waals surface area contributed by atoms with Crippen molar-refractivity contribution in [1.82, 2.24) is 20.1 Å². The summed E-state index contributed by atoms with van der Waals surface area (Å²) in [5, 5.41) is 7.73. The maximum Gasteiger partial charge on any atom is 0.246 e. The highest BCUT2D eigenvalue weighted by molar-refractivity contribution is 6.30. The molecule has 2 aliphatic rings. The molecule has 0 saturated carbocycles. The number of nitrogens with one attached hydrogen (secondary N) is 1. The van der Waals surface area contributed by atoms with Crippen LogP contribution in [0.2, 0.25) is 5.02 Å². The van der Waals surface area contributed by atoms with Crippen molar-refractivity contribution in [2.45, 2.75) is 37.9 Å². The van der Waals surface area contributed by atoms with E-state index >= 15 is 0 Å². The average molecular weight is 439 g/mol. The van der Waals surface area contributed by atoms with Crippen LogP contribution < -0.4 is 15.4 Å². The summed E-state index contributed by atoms with van der Waals surface area (Å²) >= 11 is 6.10. The number of fused-ring (bicyclic) bond motifs is 1. The predicted molar refractivity (Wildman–Crippen MR) is 122 cm³/mol. The number of ether oxygens (including phenoxy) is 1. The topological polar surface area (TPSA) is 83.3 Å². The van der Waals surface area contributed by atoms with Crippen molar-refractivity contribution >= 4 is 23.5 Å². The van der Waals surface area contributed by atoms with Crippen LogP contribution >= 0.6 is 11.6 Å². The minimum absolute atomic E-state index is 0.296. The second-order valence-electron chi connectivity index (χ2n) is 8.31. The van der Waals surface area contributed by atoms with Crippen LogP contribution in [0.15, 0.2) is 48.5 Å². The van der Waals surface area contributed by atoms with E-state index in [1.807, 2.05) is 18.2 Å². The molecule has 3 N–H and O–H groups in total. The van der Waals surface area contributed by atoms with Crippen LogP contribution in [0.5, 0.6) is 5.75 Å². The van der Waals surface area contributed by atoms with E-state index in [0.29, 0.717) is 30.6 Å². The fourth-order valence-corrected chi connectivity index (χ4v) is 4.81. The highest BCUT2D eigenvalue weighted by atomic mass is 35.5. The molecule has 1 atom stereocenters. The highest BCUT2D eigenvalue weighted by Crippen LogP contribution is 2.31. The Labute approximate surface area is 187 Å². The number of rotatable bonds is 4. The van der Waals surface area contributed by atoms with Gasteiger partial charge in [-0.25, -0.2) is 5.10 Å². The predicted octanol–water partition coefficient (Wildman–Crippen LogP) is 3.52. The molecule has 8 heteroatoms. The molecule has 0 bridgehead atoms. The number of nitrogen functional groups attached to an aromatic ring is 1. The van der Waals surface area contributed by atoms with Gasteiger partial charge in [0.2, 0.25) is 11.9 Å². The fourth-order valence-electron chi connectivity index (χ4n) is 4.68. The van der Waals surface area contributed by atoms with Crippen LogP contribution in [0.4, 0.5) is 11.9 Å². The number of halogens is 1. The van der Waals surface area contributed by atoms with Gasteiger partial charge in [0.05, 0.1) is 0 Å². The van der Waals surface area contributed by atoms with Gasteiger partial charge in [0.1, 0.15) is 12.4 Å². The number of H-pyrrole nitrogens is 1. The van der Waals surface area contributed by atoms with Gasteiger partial charge in [-0.3, -0.25) is 4.90 Å². The molecule has 0 spiro atoms. The van der Waals surface area contributed by atoms with Crippen molar-refractivity contribution in [2.24, 2.45) is 0 Å². The van der Waals surface area contributed by atoms with Crippen LogP contribution in [0.1, 0.15) is 24.0 Å². The lowest BCUT2D eigenvalue weighted by Crippen LogP contribution is -2.50. The average Bonchev–Trinajstić information content (AvgIpc) is 3.15. The van der Waals surface area contributed by atoms with Crippen LogP contribution in [0.25, 0.3) is 0 Å². The lowest BCUT2D eigenvalue weighted by atomic mass is 9.97. The standard InChI is InChI=1S/C23H27ClN6O/c24-18-7-5-16(6-8-18)13-20-15-31-21-4-2-1-3-17(21)14-30(20)19-9-11-29(12-10-19)23-26-22(25)27-28-23/h1-8,19-20H,9-15H2,(H3,25,26,27,28). The molecule has 1 unspecified atom stereocenters. The van der Waals surface area contributed by atoms with E-state index in [-0.39, 0.29) is 0 Å². The van der Waals surface area contributed by atoms with Gasteiger partial charge in [-0.2, -0.15) is 4.98 Å². The molecule has 1 aromatic heterocycles. The van der Waals surface area contributed by atoms with Gasteiger partial charge in [-0.05, 0) is 43.0 Å². The van der Waals surface area contributed by atoms with E-state index in [4.69, 9.17) is 22.1 Å². The minimum Gasteiger partial charge on any atom is -0.492 e. The Kier molecular flexibility index (Phi) is 5.70. The zero-order chi connectivity index (χ0) is 21.2. The zero-order valence-corrected chi connectivity index (χ0v) is 18.1. The molecular weight excluding hydrogens is 412 g/mol. The van der Waals surface area contributed by atoms with Gasteiger partial charge in [0, 0.05) is 42.3 Å². The maximum atomic E-state index is 6.26. The lowest BCUT2D eigenvalue weighted by Gasteiger charge is -2.41. The third-order valence-electron chi connectivity index (χ3n) is 6.32. The SMILES string of the molecule is Nc1nc(N2CCC(N3Cc4ccccc4OCC3Cc3ccc(Cl)cc3)CC2)n[nH]1. The van der Waals surface area contributed by atoms with Gasteiger partial charge in [-0.15, -0.1) is 5.10 Å². The number of hydrogen-bond donors (Lipinski definition) is 2. The van der Waals surface area contributed by atoms with Crippen molar-refractivity contribution in [3.8, 4) is 5.75 Å². The molecule has 31 heavy (non-hydrogen) atoms. The van der Waals surface area contributed by atoms with Crippen LogP contribution in [-0.4, -0.2) is 51.9 Å². The Morgan fingerprint density at radius 3 is 2.61 bits per heavy atom. The fraction of sp³-hybridized carbons (Fsp3) is 0.391. The van der Waals surface area contributed by atoms with Crippen molar-refractivity contribution in [2.75, 3.05) is 30.3 Å². The first kappa shape index (κ1) is 20.2. The molecule has 162 valence electrons. The van der Waals surface area contributed by atoms with Gasteiger partial charge in [0.25, 0.3) is 0 Å². The summed E-state index contributed by atoms with van der Waals surface area (Å²) in [6.07, 6.45) is 3.03. The molecule has 3 heterocycles. The summed E-state index contributed by atoms with van der Waals surface area (Å²) in [5.41, 5.74) is 8.24. The van der Waals surface area contributed by atoms with Gasteiger partial charge in [-0.1, -0.05) is 41.9 Å². The summed E-state index contributed by atoms with van der Waals surface area (Å²) in [6, 6.07) is 17.3. The van der Waals surface area contributed by atoms with E-state index < -0.39 is 0 Å². The zero-order valence-electron chi connectivity index (χ0n) is 17.4. The summed E-state index contributed by atoms with van der Waals surface area (Å²) in [5.74, 6) is 2.05. The first-order chi connectivity index (χ1) is 15.2. The Morgan fingerprint density at radius 1 is 1.10 bits per heavy atom. The van der Waals surface area contributed by atoms with Crippen LogP contribution in [0.3, 0.4) is 0 Å². The third kappa shape index (κ3) is 4.48. The number of aromatic amines is 1. The number of hydrogen-bond acceptors (Lipinski definition) is 6. The highest BCUT2D eigenvalue weighted by Gasteiger charge is 2.33. The summed E-state index contributed by atoms with van der Waals surface area (Å²) in [4.78, 5) is 9.14. The molecule has 2 aromatic carbocycles. The van der Waals surface area contributed by atoms with Gasteiger partial charge >= 0.3 is 0 Å². The third-order valence-corrected chi connectivity index (χ3v) is 6.57. The van der Waals surface area contributed by atoms with E-state index in [1.165, 1.54) is 11.1 Å². The Morgan fingerprint density at radius 2 is 1.87 bits per heavy atom. The maximum absolute atomic E-state index is 6.26. The van der Waals surface area contributed by atoms with Crippen molar-refractivity contribution in [3.63, 3.8) is 0 Å². The minimum atomic E-state index is 0.296. The van der Waals surface area contributed by atoms with Crippen molar-refractivity contribution in [3.05, 3.63) is 64.7 Å². The molecule has 7 nitrogen and oxygen atoms in total.